The fraction of sp³-hybridized carbons (Fsp3) is 0.289. The van der Waals surface area contributed by atoms with Gasteiger partial charge >= 0.3 is 0 Å². The third-order valence-corrected chi connectivity index (χ3v) is 8.04. The fourth-order valence-corrected chi connectivity index (χ4v) is 5.43. The van der Waals surface area contributed by atoms with Crippen molar-refractivity contribution in [2.24, 2.45) is 0 Å². The minimum absolute atomic E-state index is 0.153. The van der Waals surface area contributed by atoms with Gasteiger partial charge in [-0.05, 0) is 100.0 Å². The van der Waals surface area contributed by atoms with E-state index in [1.165, 1.54) is 0 Å². The highest BCUT2D eigenvalue weighted by Crippen LogP contribution is 2.24. The molecule has 0 aromatic heterocycles. The van der Waals surface area contributed by atoms with Crippen molar-refractivity contribution >= 4 is 46.0 Å². The van der Waals surface area contributed by atoms with Crippen LogP contribution in [0.1, 0.15) is 64.3 Å². The van der Waals surface area contributed by atoms with Crippen LogP contribution in [-0.2, 0) is 6.42 Å². The molecule has 0 fully saturated rings. The zero-order valence-electron chi connectivity index (χ0n) is 27.8. The van der Waals surface area contributed by atoms with Crippen molar-refractivity contribution in [3.05, 3.63) is 113 Å². The minimum atomic E-state index is -0.375. The number of carbonyl (C=O) groups is 3. The third kappa shape index (κ3) is 8.53. The smallest absolute Gasteiger partial charge is 0.255 e. The van der Waals surface area contributed by atoms with Crippen LogP contribution < -0.4 is 25.3 Å². The summed E-state index contributed by atoms with van der Waals surface area (Å²) in [6.07, 6.45) is 0.157. The zero-order chi connectivity index (χ0) is 33.2. The van der Waals surface area contributed by atoms with Crippen LogP contribution in [0.15, 0.2) is 91.0 Å². The van der Waals surface area contributed by atoms with Crippen molar-refractivity contribution in [2.75, 3.05) is 65.6 Å². The van der Waals surface area contributed by atoms with Gasteiger partial charge in [0, 0.05) is 91.8 Å². The van der Waals surface area contributed by atoms with E-state index in [1.54, 1.807) is 30.3 Å². The van der Waals surface area contributed by atoms with Crippen molar-refractivity contribution in [2.45, 2.75) is 34.1 Å². The van der Waals surface area contributed by atoms with Crippen LogP contribution in [0.25, 0.3) is 0 Å². The lowest BCUT2D eigenvalue weighted by Gasteiger charge is -2.21. The Morgan fingerprint density at radius 2 is 1.09 bits per heavy atom. The molecule has 2 amide bonds. The molecule has 8 heteroatoms. The van der Waals surface area contributed by atoms with E-state index in [0.717, 1.165) is 48.8 Å². The van der Waals surface area contributed by atoms with Gasteiger partial charge in [0.2, 0.25) is 0 Å². The Labute approximate surface area is 273 Å². The number of hydrogen-bond donors (Lipinski definition) is 2. The second kappa shape index (κ2) is 15.8. The van der Waals surface area contributed by atoms with E-state index < -0.39 is 0 Å². The number of amides is 2. The van der Waals surface area contributed by atoms with Crippen LogP contribution in [0.4, 0.5) is 28.4 Å². The van der Waals surface area contributed by atoms with E-state index in [1.807, 2.05) is 79.7 Å². The number of hydrogen-bond acceptors (Lipinski definition) is 6. The maximum atomic E-state index is 13.7. The Bertz CT molecular complexity index is 1590. The summed E-state index contributed by atoms with van der Waals surface area (Å²) in [6, 6.07) is 27.8. The van der Waals surface area contributed by atoms with E-state index in [9.17, 15) is 14.4 Å². The molecule has 0 aliphatic carbocycles. The third-order valence-electron chi connectivity index (χ3n) is 8.04. The quantitative estimate of drug-likeness (QED) is 0.143. The highest BCUT2D eigenvalue weighted by Gasteiger charge is 2.17. The first-order chi connectivity index (χ1) is 22.1. The Kier molecular flexibility index (Phi) is 11.6. The fourth-order valence-electron chi connectivity index (χ4n) is 5.43. The first-order valence-corrected chi connectivity index (χ1v) is 15.9. The number of carbonyl (C=O) groups excluding carboxylic acids is 3. The van der Waals surface area contributed by atoms with Gasteiger partial charge in [-0.2, -0.15) is 0 Å². The standard InChI is InChI=1S/C38H45N5O3/c1-7-42(8-2)34-18-11-14-27(20-34)21-36(44)29-22-30(38(46)39-31-16-13-19-35(26-31)43(9-3)10-4)24-32(23-29)40-37(45)28-15-12-17-33(25-28)41(5)6/h11-20,22-26H,7-10,21H2,1-6H3,(H,39,46)(H,40,45). The summed E-state index contributed by atoms with van der Waals surface area (Å²) in [6.45, 7) is 11.8. The summed E-state index contributed by atoms with van der Waals surface area (Å²) >= 11 is 0. The lowest BCUT2D eigenvalue weighted by molar-refractivity contribution is 0.0989. The molecule has 0 atom stereocenters. The normalized spacial score (nSPS) is 10.7. The summed E-state index contributed by atoms with van der Waals surface area (Å²) in [5, 5.41) is 5.90. The van der Waals surface area contributed by atoms with E-state index >= 15 is 0 Å². The predicted molar refractivity (Wildman–Crippen MR) is 191 cm³/mol. The first kappa shape index (κ1) is 33.8. The maximum Gasteiger partial charge on any atom is 0.255 e. The second-order valence-electron chi connectivity index (χ2n) is 11.3. The van der Waals surface area contributed by atoms with Crippen LogP contribution in [0.2, 0.25) is 0 Å². The number of rotatable bonds is 14. The van der Waals surface area contributed by atoms with E-state index in [4.69, 9.17) is 0 Å². The Balaban J connectivity index is 1.66. The lowest BCUT2D eigenvalue weighted by atomic mass is 9.99. The number of nitrogens with one attached hydrogen (secondary N) is 2. The van der Waals surface area contributed by atoms with Gasteiger partial charge in [-0.1, -0.05) is 24.3 Å². The maximum absolute atomic E-state index is 13.7. The second-order valence-corrected chi connectivity index (χ2v) is 11.3. The molecule has 0 radical (unpaired) electrons. The van der Waals surface area contributed by atoms with Gasteiger partial charge in [-0.15, -0.1) is 0 Å². The molecule has 4 aromatic carbocycles. The highest BCUT2D eigenvalue weighted by molar-refractivity contribution is 6.10. The minimum Gasteiger partial charge on any atom is -0.378 e. The largest absolute Gasteiger partial charge is 0.378 e. The van der Waals surface area contributed by atoms with Gasteiger partial charge in [-0.3, -0.25) is 14.4 Å². The Hall–Kier alpha value is -5.11. The molecule has 0 bridgehead atoms. The lowest BCUT2D eigenvalue weighted by Crippen LogP contribution is -2.22. The number of ketones is 1. The molecule has 240 valence electrons. The molecule has 46 heavy (non-hydrogen) atoms. The van der Waals surface area contributed by atoms with Crippen molar-refractivity contribution in [1.29, 1.82) is 0 Å². The Morgan fingerprint density at radius 1 is 0.543 bits per heavy atom. The van der Waals surface area contributed by atoms with Crippen LogP contribution in [0, 0.1) is 0 Å². The monoisotopic (exact) mass is 619 g/mol. The molecule has 2 N–H and O–H groups in total. The molecular weight excluding hydrogens is 574 g/mol. The Morgan fingerprint density at radius 3 is 1.74 bits per heavy atom. The van der Waals surface area contributed by atoms with Gasteiger partial charge in [-0.25, -0.2) is 0 Å². The van der Waals surface area contributed by atoms with Crippen LogP contribution in [-0.4, -0.2) is 57.9 Å². The van der Waals surface area contributed by atoms with Crippen molar-refractivity contribution < 1.29 is 14.4 Å². The molecule has 0 aliphatic heterocycles. The summed E-state index contributed by atoms with van der Waals surface area (Å²) in [5.74, 6) is -0.863. The molecule has 0 heterocycles. The van der Waals surface area contributed by atoms with Crippen LogP contribution in [0.5, 0.6) is 0 Å². The van der Waals surface area contributed by atoms with Gasteiger partial charge in [0.05, 0.1) is 0 Å². The number of benzene rings is 4. The molecule has 8 nitrogen and oxygen atoms in total. The molecule has 0 saturated carbocycles. The molecule has 4 rings (SSSR count). The number of Topliss-reactive ketones (excluding diaryl/α,β-unsaturated/α-hetero) is 1. The summed E-state index contributed by atoms with van der Waals surface area (Å²) in [4.78, 5) is 47.0. The van der Waals surface area contributed by atoms with E-state index in [-0.39, 0.29) is 29.6 Å². The van der Waals surface area contributed by atoms with Gasteiger partial charge in [0.15, 0.2) is 5.78 Å². The highest BCUT2D eigenvalue weighted by atomic mass is 16.2. The average Bonchev–Trinajstić information content (AvgIpc) is 3.06. The van der Waals surface area contributed by atoms with Gasteiger partial charge < -0.3 is 25.3 Å². The molecule has 0 saturated heterocycles. The zero-order valence-corrected chi connectivity index (χ0v) is 27.8. The average molecular weight is 620 g/mol. The van der Waals surface area contributed by atoms with Gasteiger partial charge in [0.1, 0.15) is 0 Å². The predicted octanol–water partition coefficient (Wildman–Crippen LogP) is 7.38. The van der Waals surface area contributed by atoms with Crippen LogP contribution >= 0.6 is 0 Å². The van der Waals surface area contributed by atoms with Crippen molar-refractivity contribution in [3.63, 3.8) is 0 Å². The topological polar surface area (TPSA) is 85.0 Å². The summed E-state index contributed by atoms with van der Waals surface area (Å²) < 4.78 is 0. The molecule has 0 aliphatic rings. The first-order valence-electron chi connectivity index (χ1n) is 15.9. The molecular formula is C38H45N5O3. The number of anilines is 5. The summed E-state index contributed by atoms with van der Waals surface area (Å²) in [7, 11) is 3.82. The molecule has 0 unspecified atom stereocenters. The van der Waals surface area contributed by atoms with Crippen molar-refractivity contribution in [1.82, 2.24) is 0 Å². The molecule has 4 aromatic rings. The number of nitrogens with zero attached hydrogens (tertiary/aromatic N) is 3. The van der Waals surface area contributed by atoms with Crippen molar-refractivity contribution in [3.8, 4) is 0 Å². The van der Waals surface area contributed by atoms with E-state index in [0.29, 0.717) is 22.5 Å². The summed E-state index contributed by atoms with van der Waals surface area (Å²) in [5.41, 5.74) is 5.92. The molecule has 0 spiro atoms. The van der Waals surface area contributed by atoms with E-state index in [2.05, 4.69) is 48.1 Å². The van der Waals surface area contributed by atoms with Gasteiger partial charge in [0.25, 0.3) is 11.8 Å². The SMILES string of the molecule is CCN(CC)c1cccc(CC(=O)c2cc(NC(=O)c3cccc(N(C)C)c3)cc(C(=O)Nc3cccc(N(CC)CC)c3)c2)c1. The van der Waals surface area contributed by atoms with Crippen LogP contribution in [0.3, 0.4) is 0 Å².